The van der Waals surface area contributed by atoms with Gasteiger partial charge in [-0.15, -0.1) is 0 Å². The zero-order valence-corrected chi connectivity index (χ0v) is 11.7. The van der Waals surface area contributed by atoms with Gasteiger partial charge in [-0.1, -0.05) is 29.8 Å². The van der Waals surface area contributed by atoms with E-state index < -0.39 is 0 Å². The number of nitrogens with zero attached hydrogens (tertiary/aromatic N) is 1. The number of aromatic nitrogens is 1. The maximum Gasteiger partial charge on any atom is 0.264 e. The zero-order valence-electron chi connectivity index (χ0n) is 10.9. The van der Waals surface area contributed by atoms with Gasteiger partial charge in [-0.2, -0.15) is 0 Å². The van der Waals surface area contributed by atoms with Crippen LogP contribution in [0.25, 0.3) is 16.5 Å². The molecular formula is C16H13ClN2O. The number of nitrogens with two attached hydrogens (primary N) is 1. The normalized spacial score (nSPS) is 10.9. The first-order valence-electron chi connectivity index (χ1n) is 6.25. The molecule has 0 spiro atoms. The molecule has 0 saturated carbocycles. The van der Waals surface area contributed by atoms with E-state index >= 15 is 0 Å². The topological polar surface area (TPSA) is 48.0 Å². The highest BCUT2D eigenvalue weighted by molar-refractivity contribution is 6.30. The fourth-order valence-corrected chi connectivity index (χ4v) is 2.62. The van der Waals surface area contributed by atoms with Crippen molar-refractivity contribution < 1.29 is 0 Å². The molecule has 2 N–H and O–H groups in total. The third-order valence-corrected chi connectivity index (χ3v) is 3.59. The Hall–Kier alpha value is -2.26. The van der Waals surface area contributed by atoms with Crippen molar-refractivity contribution in [1.29, 1.82) is 0 Å². The monoisotopic (exact) mass is 284 g/mol. The van der Waals surface area contributed by atoms with Crippen LogP contribution in [-0.2, 0) is 0 Å². The number of hydrogen-bond acceptors (Lipinski definition) is 2. The average molecular weight is 285 g/mol. The second kappa shape index (κ2) is 4.69. The van der Waals surface area contributed by atoms with Crippen LogP contribution in [0.15, 0.2) is 53.3 Å². The first kappa shape index (κ1) is 12.8. The van der Waals surface area contributed by atoms with Crippen LogP contribution in [0.5, 0.6) is 0 Å². The minimum Gasteiger partial charge on any atom is -0.385 e. The third-order valence-electron chi connectivity index (χ3n) is 3.36. The van der Waals surface area contributed by atoms with E-state index in [1.54, 1.807) is 12.1 Å². The number of pyridine rings is 1. The molecule has 0 amide bonds. The maximum atomic E-state index is 12.6. The molecule has 0 unspecified atom stereocenters. The molecular weight excluding hydrogens is 272 g/mol. The number of fused-ring (bicyclic) bond motifs is 1. The lowest BCUT2D eigenvalue weighted by molar-refractivity contribution is 1.01. The summed E-state index contributed by atoms with van der Waals surface area (Å²) < 4.78 is 1.52. The Labute approximate surface area is 121 Å². The highest BCUT2D eigenvalue weighted by Crippen LogP contribution is 2.22. The summed E-state index contributed by atoms with van der Waals surface area (Å²) in [4.78, 5) is 12.6. The third kappa shape index (κ3) is 1.96. The van der Waals surface area contributed by atoms with E-state index in [-0.39, 0.29) is 5.56 Å². The van der Waals surface area contributed by atoms with Gasteiger partial charge in [0.05, 0.1) is 5.69 Å². The molecule has 3 rings (SSSR count). The number of halogens is 1. The lowest BCUT2D eigenvalue weighted by Gasteiger charge is -2.13. The van der Waals surface area contributed by atoms with Gasteiger partial charge < -0.3 is 5.73 Å². The minimum absolute atomic E-state index is 0.119. The fourth-order valence-electron chi connectivity index (χ4n) is 2.40. The van der Waals surface area contributed by atoms with E-state index in [9.17, 15) is 4.79 Å². The van der Waals surface area contributed by atoms with Crippen molar-refractivity contribution in [2.75, 3.05) is 5.73 Å². The number of benzene rings is 2. The Balaban J connectivity index is 2.39. The quantitative estimate of drug-likeness (QED) is 0.743. The lowest BCUT2D eigenvalue weighted by atomic mass is 10.1. The molecule has 0 atom stereocenters. The Morgan fingerprint density at radius 1 is 1.10 bits per heavy atom. The van der Waals surface area contributed by atoms with E-state index in [2.05, 4.69) is 0 Å². The summed E-state index contributed by atoms with van der Waals surface area (Å²) in [6, 6.07) is 14.6. The molecule has 1 aromatic heterocycles. The van der Waals surface area contributed by atoms with Gasteiger partial charge in [-0.3, -0.25) is 9.36 Å². The number of hydrogen-bond donors (Lipinski definition) is 1. The zero-order chi connectivity index (χ0) is 14.3. The van der Waals surface area contributed by atoms with Crippen LogP contribution in [0, 0.1) is 6.92 Å². The van der Waals surface area contributed by atoms with E-state index in [4.69, 9.17) is 17.3 Å². The summed E-state index contributed by atoms with van der Waals surface area (Å²) >= 11 is 5.96. The summed E-state index contributed by atoms with van der Waals surface area (Å²) in [5, 5.41) is 2.13. The Kier molecular flexibility index (Phi) is 2.99. The largest absolute Gasteiger partial charge is 0.385 e. The van der Waals surface area contributed by atoms with Crippen molar-refractivity contribution in [2.24, 2.45) is 0 Å². The molecule has 3 nitrogen and oxygen atoms in total. The molecule has 2 aromatic carbocycles. The van der Waals surface area contributed by atoms with Crippen LogP contribution in [0.3, 0.4) is 0 Å². The first-order chi connectivity index (χ1) is 9.58. The molecule has 0 bridgehead atoms. The second-order valence-electron chi connectivity index (χ2n) is 4.73. The molecule has 0 aliphatic heterocycles. The van der Waals surface area contributed by atoms with Crippen LogP contribution in [0.4, 0.5) is 5.82 Å². The maximum absolute atomic E-state index is 12.6. The predicted octanol–water partition coefficient (Wildman–Crippen LogP) is 3.53. The van der Waals surface area contributed by atoms with Crippen LogP contribution in [0.1, 0.15) is 5.56 Å². The molecule has 0 radical (unpaired) electrons. The van der Waals surface area contributed by atoms with E-state index in [1.165, 1.54) is 4.57 Å². The standard InChI is InChI=1S/C16H13ClN2O/c1-10-8-12(17)6-7-14(10)19-15(18)9-11-4-2-3-5-13(11)16(19)20/h2-9H,18H2,1H3. The molecule has 4 heteroatoms. The number of anilines is 1. The van der Waals surface area contributed by atoms with Crippen molar-refractivity contribution >= 4 is 28.2 Å². The smallest absolute Gasteiger partial charge is 0.264 e. The van der Waals surface area contributed by atoms with Gasteiger partial charge in [-0.05, 0) is 48.2 Å². The van der Waals surface area contributed by atoms with Gasteiger partial charge in [-0.25, -0.2) is 0 Å². The Morgan fingerprint density at radius 3 is 2.60 bits per heavy atom. The minimum atomic E-state index is -0.119. The molecule has 20 heavy (non-hydrogen) atoms. The summed E-state index contributed by atoms with van der Waals surface area (Å²) in [5.41, 5.74) is 7.59. The fraction of sp³-hybridized carbons (Fsp3) is 0.0625. The van der Waals surface area contributed by atoms with E-state index in [1.807, 2.05) is 43.3 Å². The summed E-state index contributed by atoms with van der Waals surface area (Å²) in [6.45, 7) is 1.91. The highest BCUT2D eigenvalue weighted by atomic mass is 35.5. The molecule has 0 aliphatic rings. The van der Waals surface area contributed by atoms with Crippen molar-refractivity contribution in [1.82, 2.24) is 4.57 Å². The summed E-state index contributed by atoms with van der Waals surface area (Å²) in [6.07, 6.45) is 0. The molecule has 0 aliphatic carbocycles. The molecule has 100 valence electrons. The van der Waals surface area contributed by atoms with Crippen molar-refractivity contribution in [3.63, 3.8) is 0 Å². The van der Waals surface area contributed by atoms with Gasteiger partial charge in [0, 0.05) is 10.4 Å². The van der Waals surface area contributed by atoms with Gasteiger partial charge >= 0.3 is 0 Å². The number of aryl methyl sites for hydroxylation is 1. The molecule has 0 saturated heterocycles. The van der Waals surface area contributed by atoms with Gasteiger partial charge in [0.2, 0.25) is 0 Å². The number of nitrogen functional groups attached to an aromatic ring is 1. The van der Waals surface area contributed by atoms with Crippen molar-refractivity contribution in [3.8, 4) is 5.69 Å². The van der Waals surface area contributed by atoms with Crippen molar-refractivity contribution in [2.45, 2.75) is 6.92 Å². The van der Waals surface area contributed by atoms with Crippen LogP contribution in [0.2, 0.25) is 5.02 Å². The van der Waals surface area contributed by atoms with Gasteiger partial charge in [0.25, 0.3) is 5.56 Å². The van der Waals surface area contributed by atoms with Crippen LogP contribution < -0.4 is 11.3 Å². The van der Waals surface area contributed by atoms with Crippen molar-refractivity contribution in [3.05, 3.63) is 69.5 Å². The Morgan fingerprint density at radius 2 is 1.85 bits per heavy atom. The molecule has 1 heterocycles. The summed E-state index contributed by atoms with van der Waals surface area (Å²) in [7, 11) is 0. The van der Waals surface area contributed by atoms with Crippen LogP contribution >= 0.6 is 11.6 Å². The highest BCUT2D eigenvalue weighted by Gasteiger charge is 2.10. The predicted molar refractivity (Wildman–Crippen MR) is 83.7 cm³/mol. The molecule has 0 fully saturated rings. The molecule has 3 aromatic rings. The SMILES string of the molecule is Cc1cc(Cl)ccc1-n1c(N)cc2ccccc2c1=O. The lowest BCUT2D eigenvalue weighted by Crippen LogP contribution is -2.22. The van der Waals surface area contributed by atoms with Gasteiger partial charge in [0.1, 0.15) is 5.82 Å². The Bertz CT molecular complexity index is 868. The number of rotatable bonds is 1. The van der Waals surface area contributed by atoms with Gasteiger partial charge in [0.15, 0.2) is 0 Å². The van der Waals surface area contributed by atoms with E-state index in [0.29, 0.717) is 16.2 Å². The first-order valence-corrected chi connectivity index (χ1v) is 6.62. The second-order valence-corrected chi connectivity index (χ2v) is 5.16. The van der Waals surface area contributed by atoms with E-state index in [0.717, 1.165) is 16.6 Å². The summed E-state index contributed by atoms with van der Waals surface area (Å²) in [5.74, 6) is 0.416. The van der Waals surface area contributed by atoms with Crippen LogP contribution in [-0.4, -0.2) is 4.57 Å². The average Bonchev–Trinajstić information content (AvgIpc) is 2.41.